The summed E-state index contributed by atoms with van der Waals surface area (Å²) >= 11 is 8.86. The Hall–Kier alpha value is -0.650. The molecule has 4 nitrogen and oxygen atoms in total. The number of aliphatic hydroxyl groups excluding tert-OH is 1. The maximum atomic E-state index is 11.6. The van der Waals surface area contributed by atoms with Gasteiger partial charge < -0.3 is 10.4 Å². The number of amides is 1. The van der Waals surface area contributed by atoms with Crippen molar-refractivity contribution < 1.29 is 9.90 Å². The Labute approximate surface area is 101 Å². The van der Waals surface area contributed by atoms with Crippen molar-refractivity contribution in [1.82, 2.24) is 10.3 Å². The van der Waals surface area contributed by atoms with Gasteiger partial charge in [0.1, 0.15) is 5.15 Å². The van der Waals surface area contributed by atoms with E-state index in [2.05, 4.69) is 26.2 Å². The van der Waals surface area contributed by atoms with E-state index < -0.39 is 0 Å². The molecule has 1 atom stereocenters. The average molecular weight is 294 g/mol. The van der Waals surface area contributed by atoms with Gasteiger partial charge in [-0.3, -0.25) is 4.79 Å². The molecule has 0 radical (unpaired) electrons. The minimum Gasteiger partial charge on any atom is -0.394 e. The first-order valence-electron chi connectivity index (χ1n) is 4.27. The zero-order chi connectivity index (χ0) is 11.4. The molecular formula is C9H10BrClN2O2. The lowest BCUT2D eigenvalue weighted by Crippen LogP contribution is -2.35. The van der Waals surface area contributed by atoms with Gasteiger partial charge in [-0.05, 0) is 28.9 Å². The highest BCUT2D eigenvalue weighted by molar-refractivity contribution is 9.10. The lowest BCUT2D eigenvalue weighted by molar-refractivity contribution is 0.0922. The highest BCUT2D eigenvalue weighted by Crippen LogP contribution is 2.20. The smallest absolute Gasteiger partial charge is 0.253 e. The number of nitrogens with zero attached hydrogens (tertiary/aromatic N) is 1. The molecule has 1 amide bonds. The molecule has 15 heavy (non-hydrogen) atoms. The minimum absolute atomic E-state index is 0.103. The van der Waals surface area contributed by atoms with Crippen LogP contribution in [-0.2, 0) is 0 Å². The summed E-state index contributed by atoms with van der Waals surface area (Å²) in [7, 11) is 0. The molecule has 0 saturated heterocycles. The fourth-order valence-corrected chi connectivity index (χ4v) is 1.35. The molecule has 0 saturated carbocycles. The van der Waals surface area contributed by atoms with E-state index in [1.165, 1.54) is 6.20 Å². The number of nitrogens with one attached hydrogen (secondary N) is 1. The third-order valence-corrected chi connectivity index (χ3v) is 2.84. The molecule has 1 aromatic heterocycles. The summed E-state index contributed by atoms with van der Waals surface area (Å²) in [6, 6.07) is 1.29. The molecule has 0 fully saturated rings. The van der Waals surface area contributed by atoms with Crippen LogP contribution < -0.4 is 5.32 Å². The number of carbonyl (C=O) groups is 1. The molecule has 1 unspecified atom stereocenters. The first-order valence-corrected chi connectivity index (χ1v) is 5.44. The Morgan fingerprint density at radius 2 is 2.47 bits per heavy atom. The summed E-state index contributed by atoms with van der Waals surface area (Å²) in [5, 5.41) is 11.7. The van der Waals surface area contributed by atoms with E-state index >= 15 is 0 Å². The van der Waals surface area contributed by atoms with E-state index in [-0.39, 0.29) is 18.6 Å². The van der Waals surface area contributed by atoms with Crippen LogP contribution >= 0.6 is 27.5 Å². The summed E-state index contributed by atoms with van der Waals surface area (Å²) in [5.41, 5.74) is 0.395. The van der Waals surface area contributed by atoms with Gasteiger partial charge in [0.2, 0.25) is 0 Å². The number of aliphatic hydroxyl groups is 1. The standard InChI is InChI=1S/C9H10BrClN2O2/c1-5(4-14)13-9(15)6-2-7(10)8(11)12-3-6/h2-3,5,14H,4H2,1H3,(H,13,15). The summed E-state index contributed by atoms with van der Waals surface area (Å²) in [6.45, 7) is 1.60. The molecule has 0 aliphatic heterocycles. The lowest BCUT2D eigenvalue weighted by Gasteiger charge is -2.10. The second kappa shape index (κ2) is 5.44. The van der Waals surface area contributed by atoms with E-state index in [4.69, 9.17) is 16.7 Å². The fourth-order valence-electron chi connectivity index (χ4n) is 0.898. The van der Waals surface area contributed by atoms with Gasteiger partial charge in [0, 0.05) is 12.2 Å². The maximum Gasteiger partial charge on any atom is 0.253 e. The quantitative estimate of drug-likeness (QED) is 0.832. The van der Waals surface area contributed by atoms with Crippen LogP contribution in [0, 0.1) is 0 Å². The van der Waals surface area contributed by atoms with Crippen molar-refractivity contribution in [3.05, 3.63) is 27.5 Å². The third-order valence-electron chi connectivity index (χ3n) is 1.71. The number of hydrogen-bond acceptors (Lipinski definition) is 3. The van der Waals surface area contributed by atoms with Crippen molar-refractivity contribution in [2.45, 2.75) is 13.0 Å². The first-order chi connectivity index (χ1) is 7.04. The van der Waals surface area contributed by atoms with Crippen molar-refractivity contribution in [2.24, 2.45) is 0 Å². The zero-order valence-corrected chi connectivity index (χ0v) is 10.3. The summed E-state index contributed by atoms with van der Waals surface area (Å²) < 4.78 is 0.563. The molecule has 0 spiro atoms. The molecule has 1 aromatic rings. The zero-order valence-electron chi connectivity index (χ0n) is 8.00. The van der Waals surface area contributed by atoms with Gasteiger partial charge in [-0.15, -0.1) is 0 Å². The maximum absolute atomic E-state index is 11.6. The number of hydrogen-bond donors (Lipinski definition) is 2. The van der Waals surface area contributed by atoms with Crippen LogP contribution in [0.5, 0.6) is 0 Å². The number of carbonyl (C=O) groups excluding carboxylic acids is 1. The summed E-state index contributed by atoms with van der Waals surface area (Å²) in [5.74, 6) is -0.290. The topological polar surface area (TPSA) is 62.2 Å². The van der Waals surface area contributed by atoms with Crippen LogP contribution in [0.1, 0.15) is 17.3 Å². The van der Waals surface area contributed by atoms with Gasteiger partial charge in [0.05, 0.1) is 16.6 Å². The predicted molar refractivity (Wildman–Crippen MR) is 61.0 cm³/mol. The SMILES string of the molecule is CC(CO)NC(=O)c1cnc(Cl)c(Br)c1. The van der Waals surface area contributed by atoms with Gasteiger partial charge in [-0.2, -0.15) is 0 Å². The van der Waals surface area contributed by atoms with Gasteiger partial charge in [-0.1, -0.05) is 11.6 Å². The van der Waals surface area contributed by atoms with E-state index in [9.17, 15) is 4.79 Å². The molecular weight excluding hydrogens is 283 g/mol. The predicted octanol–water partition coefficient (Wildman–Crippen LogP) is 1.61. The average Bonchev–Trinajstić information content (AvgIpc) is 2.21. The van der Waals surface area contributed by atoms with Crippen molar-refractivity contribution in [3.63, 3.8) is 0 Å². The van der Waals surface area contributed by atoms with Crippen LogP contribution in [0.25, 0.3) is 0 Å². The Morgan fingerprint density at radius 1 is 1.80 bits per heavy atom. The number of halogens is 2. The number of pyridine rings is 1. The third kappa shape index (κ3) is 3.44. The van der Waals surface area contributed by atoms with Gasteiger partial charge in [0.25, 0.3) is 5.91 Å². The number of rotatable bonds is 3. The second-order valence-corrected chi connectivity index (χ2v) is 4.27. The van der Waals surface area contributed by atoms with Crippen molar-refractivity contribution in [3.8, 4) is 0 Å². The molecule has 0 aromatic carbocycles. The lowest BCUT2D eigenvalue weighted by atomic mass is 10.2. The summed E-state index contributed by atoms with van der Waals surface area (Å²) in [4.78, 5) is 15.4. The monoisotopic (exact) mass is 292 g/mol. The Morgan fingerprint density at radius 3 is 3.00 bits per heavy atom. The van der Waals surface area contributed by atoms with Gasteiger partial charge >= 0.3 is 0 Å². The Bertz CT molecular complexity index is 373. The summed E-state index contributed by atoms with van der Waals surface area (Å²) in [6.07, 6.45) is 1.38. The molecule has 6 heteroatoms. The van der Waals surface area contributed by atoms with E-state index in [0.29, 0.717) is 15.2 Å². The van der Waals surface area contributed by atoms with Crippen LogP contribution in [0.2, 0.25) is 5.15 Å². The van der Waals surface area contributed by atoms with E-state index in [0.717, 1.165) is 0 Å². The van der Waals surface area contributed by atoms with Gasteiger partial charge in [0.15, 0.2) is 0 Å². The minimum atomic E-state index is -0.290. The first kappa shape index (κ1) is 12.4. The van der Waals surface area contributed by atoms with E-state index in [1.54, 1.807) is 13.0 Å². The molecule has 0 aliphatic rings. The van der Waals surface area contributed by atoms with Crippen molar-refractivity contribution >= 4 is 33.4 Å². The van der Waals surface area contributed by atoms with Crippen LogP contribution in [-0.4, -0.2) is 28.6 Å². The van der Waals surface area contributed by atoms with Crippen molar-refractivity contribution in [2.75, 3.05) is 6.61 Å². The molecule has 82 valence electrons. The molecule has 1 rings (SSSR count). The van der Waals surface area contributed by atoms with E-state index in [1.807, 2.05) is 0 Å². The Balaban J connectivity index is 2.78. The molecule has 0 bridgehead atoms. The Kier molecular flexibility index (Phi) is 4.50. The molecule has 1 heterocycles. The number of aromatic nitrogens is 1. The molecule has 0 aliphatic carbocycles. The van der Waals surface area contributed by atoms with Crippen molar-refractivity contribution in [1.29, 1.82) is 0 Å². The van der Waals surface area contributed by atoms with Gasteiger partial charge in [-0.25, -0.2) is 4.98 Å². The highest BCUT2D eigenvalue weighted by atomic mass is 79.9. The largest absolute Gasteiger partial charge is 0.394 e. The van der Waals surface area contributed by atoms with Crippen LogP contribution in [0.15, 0.2) is 16.7 Å². The molecule has 2 N–H and O–H groups in total. The second-order valence-electron chi connectivity index (χ2n) is 3.05. The fraction of sp³-hybridized carbons (Fsp3) is 0.333. The normalized spacial score (nSPS) is 12.3. The van der Waals surface area contributed by atoms with Crippen LogP contribution in [0.3, 0.4) is 0 Å². The highest BCUT2D eigenvalue weighted by Gasteiger charge is 2.10. The van der Waals surface area contributed by atoms with Crippen LogP contribution in [0.4, 0.5) is 0 Å².